The minimum atomic E-state index is -0.222. The van der Waals surface area contributed by atoms with Crippen LogP contribution in [-0.4, -0.2) is 23.3 Å². The van der Waals surface area contributed by atoms with E-state index in [4.69, 9.17) is 4.74 Å². The van der Waals surface area contributed by atoms with Gasteiger partial charge in [0.15, 0.2) is 5.76 Å². The Morgan fingerprint density at radius 1 is 1.19 bits per heavy atom. The average molecular weight is 356 g/mol. The molecule has 4 aliphatic carbocycles. The molecule has 0 saturated heterocycles. The maximum absolute atomic E-state index is 12.5. The maximum atomic E-state index is 12.5. The van der Waals surface area contributed by atoms with Crippen LogP contribution in [0.5, 0.6) is 0 Å². The summed E-state index contributed by atoms with van der Waals surface area (Å²) >= 11 is 0. The van der Waals surface area contributed by atoms with E-state index >= 15 is 0 Å². The Kier molecular flexibility index (Phi) is 3.28. The Morgan fingerprint density at radius 3 is 2.65 bits per heavy atom. The summed E-state index contributed by atoms with van der Waals surface area (Å²) in [5, 5.41) is 9.84. The van der Waals surface area contributed by atoms with E-state index < -0.39 is 0 Å². The molecule has 0 aromatic rings. The quantitative estimate of drug-likeness (QED) is 0.822. The highest BCUT2D eigenvalue weighted by molar-refractivity contribution is 6.12. The molecule has 3 saturated carbocycles. The molecule has 1 heterocycles. The van der Waals surface area contributed by atoms with Gasteiger partial charge in [0.05, 0.1) is 12.0 Å². The van der Waals surface area contributed by atoms with Crippen molar-refractivity contribution < 1.29 is 19.4 Å². The standard InChI is InChI=1S/C22H28O4/c1-11(24)14-6-7-15-12-4-5-16-13(10-23)18(25)19-20(26-19)22(16,3)17(12)8-9-21(14,15)2/h12,14-15,17,23H,4-10H2,1-3H3/t12-,14+,15-,17-,21-,22-/m0/s1. The van der Waals surface area contributed by atoms with Gasteiger partial charge in [-0.25, -0.2) is 0 Å². The number of fused-ring (bicyclic) bond motifs is 6. The highest BCUT2D eigenvalue weighted by atomic mass is 16.6. The molecule has 26 heavy (non-hydrogen) atoms. The van der Waals surface area contributed by atoms with Crippen molar-refractivity contribution in [3.05, 3.63) is 22.7 Å². The van der Waals surface area contributed by atoms with Gasteiger partial charge in [0.25, 0.3) is 0 Å². The van der Waals surface area contributed by atoms with Gasteiger partial charge in [0.1, 0.15) is 5.78 Å². The van der Waals surface area contributed by atoms with Gasteiger partial charge in [-0.1, -0.05) is 6.92 Å². The number of carbonyl (C=O) groups is 2. The van der Waals surface area contributed by atoms with E-state index in [1.165, 1.54) is 0 Å². The molecule has 0 amide bonds. The average Bonchev–Trinajstić information content (AvgIpc) is 3.33. The first-order chi connectivity index (χ1) is 12.3. The van der Waals surface area contributed by atoms with Gasteiger partial charge in [0, 0.05) is 11.5 Å². The van der Waals surface area contributed by atoms with E-state index in [-0.39, 0.29) is 29.1 Å². The summed E-state index contributed by atoms with van der Waals surface area (Å²) in [7, 11) is 0. The van der Waals surface area contributed by atoms with Crippen LogP contribution in [0.2, 0.25) is 0 Å². The molecule has 0 aromatic heterocycles. The lowest BCUT2D eigenvalue weighted by atomic mass is 9.47. The summed E-state index contributed by atoms with van der Waals surface area (Å²) in [5.41, 5.74) is 1.63. The third-order valence-electron chi connectivity index (χ3n) is 8.87. The van der Waals surface area contributed by atoms with Crippen LogP contribution >= 0.6 is 0 Å². The molecule has 140 valence electrons. The van der Waals surface area contributed by atoms with Crippen LogP contribution in [0.15, 0.2) is 22.7 Å². The molecule has 0 unspecified atom stereocenters. The smallest absolute Gasteiger partial charge is 0.230 e. The maximum Gasteiger partial charge on any atom is 0.230 e. The molecule has 5 aliphatic rings. The molecule has 5 rings (SSSR count). The lowest BCUT2D eigenvalue weighted by molar-refractivity contribution is -0.127. The summed E-state index contributed by atoms with van der Waals surface area (Å²) in [6.45, 7) is 6.17. The lowest BCUT2D eigenvalue weighted by Gasteiger charge is -2.56. The van der Waals surface area contributed by atoms with E-state index in [9.17, 15) is 14.7 Å². The minimum Gasteiger partial charge on any atom is -0.449 e. The number of allylic oxidation sites excluding steroid dienone is 2. The number of carbonyl (C=O) groups excluding carboxylic acids is 2. The monoisotopic (exact) mass is 356 g/mol. The zero-order valence-corrected chi connectivity index (χ0v) is 15.9. The fourth-order valence-electron chi connectivity index (χ4n) is 7.65. The van der Waals surface area contributed by atoms with E-state index in [1.54, 1.807) is 6.92 Å². The van der Waals surface area contributed by atoms with Gasteiger partial charge >= 0.3 is 0 Å². The van der Waals surface area contributed by atoms with Crippen LogP contribution in [0, 0.1) is 34.5 Å². The lowest BCUT2D eigenvalue weighted by Crippen LogP contribution is -2.51. The minimum absolute atomic E-state index is 0.0911. The summed E-state index contributed by atoms with van der Waals surface area (Å²) in [5.74, 6) is 3.49. The fraction of sp³-hybridized carbons (Fsp3) is 0.727. The number of aliphatic hydroxyl groups excluding tert-OH is 1. The Bertz CT molecular complexity index is 790. The second-order valence-corrected chi connectivity index (χ2v) is 9.61. The molecule has 0 radical (unpaired) electrons. The van der Waals surface area contributed by atoms with Crippen molar-refractivity contribution in [1.82, 2.24) is 0 Å². The molecule has 0 spiro atoms. The second-order valence-electron chi connectivity index (χ2n) is 9.61. The van der Waals surface area contributed by atoms with Gasteiger partial charge < -0.3 is 9.84 Å². The van der Waals surface area contributed by atoms with Gasteiger partial charge in [-0.2, -0.15) is 0 Å². The highest BCUT2D eigenvalue weighted by Crippen LogP contribution is 2.69. The molecule has 1 N–H and O–H groups in total. The Hall–Kier alpha value is -1.42. The van der Waals surface area contributed by atoms with Gasteiger partial charge in [-0.15, -0.1) is 0 Å². The number of aliphatic hydroxyl groups is 1. The van der Waals surface area contributed by atoms with Crippen molar-refractivity contribution in [2.45, 2.75) is 59.3 Å². The zero-order valence-electron chi connectivity index (χ0n) is 15.9. The number of hydrogen-bond donors (Lipinski definition) is 1. The normalized spacial score (nSPS) is 46.2. The summed E-state index contributed by atoms with van der Waals surface area (Å²) in [6, 6.07) is 0. The first kappa shape index (κ1) is 16.7. The van der Waals surface area contributed by atoms with Crippen LogP contribution in [-0.2, 0) is 14.3 Å². The largest absolute Gasteiger partial charge is 0.449 e. The van der Waals surface area contributed by atoms with Gasteiger partial charge in [-0.3, -0.25) is 9.59 Å². The van der Waals surface area contributed by atoms with E-state index in [1.807, 2.05) is 0 Å². The third-order valence-corrected chi connectivity index (χ3v) is 8.87. The summed E-state index contributed by atoms with van der Waals surface area (Å²) in [4.78, 5) is 24.7. The van der Waals surface area contributed by atoms with Crippen molar-refractivity contribution in [2.75, 3.05) is 6.61 Å². The summed E-state index contributed by atoms with van der Waals surface area (Å²) in [6.07, 6.45) is 6.28. The number of Topliss-reactive ketones (excluding diaryl/α,β-unsaturated/α-hetero) is 2. The first-order valence-corrected chi connectivity index (χ1v) is 10.1. The Morgan fingerprint density at radius 2 is 1.96 bits per heavy atom. The predicted octanol–water partition coefficient (Wildman–Crippen LogP) is 3.55. The number of ketones is 2. The molecule has 3 fully saturated rings. The molecular formula is C22H28O4. The van der Waals surface area contributed by atoms with Gasteiger partial charge in [-0.05, 0) is 81.1 Å². The van der Waals surface area contributed by atoms with Crippen molar-refractivity contribution in [3.8, 4) is 0 Å². The molecule has 1 aliphatic heterocycles. The molecule has 6 atom stereocenters. The summed E-state index contributed by atoms with van der Waals surface area (Å²) < 4.78 is 5.72. The molecule has 4 nitrogen and oxygen atoms in total. The third kappa shape index (κ3) is 1.79. The van der Waals surface area contributed by atoms with Crippen molar-refractivity contribution in [3.63, 3.8) is 0 Å². The Labute approximate surface area is 154 Å². The second kappa shape index (κ2) is 5.09. The fourth-order valence-corrected chi connectivity index (χ4v) is 7.65. The highest BCUT2D eigenvalue weighted by Gasteiger charge is 2.65. The van der Waals surface area contributed by atoms with E-state index in [2.05, 4.69) is 13.8 Å². The molecular weight excluding hydrogens is 328 g/mol. The van der Waals surface area contributed by atoms with E-state index in [0.29, 0.717) is 34.9 Å². The number of hydrogen-bond acceptors (Lipinski definition) is 4. The predicted molar refractivity (Wildman–Crippen MR) is 95.8 cm³/mol. The van der Waals surface area contributed by atoms with Crippen molar-refractivity contribution >= 4 is 11.6 Å². The Balaban J connectivity index is 1.56. The van der Waals surface area contributed by atoms with Crippen LogP contribution in [0.1, 0.15) is 59.3 Å². The van der Waals surface area contributed by atoms with Crippen molar-refractivity contribution in [2.24, 2.45) is 34.5 Å². The topological polar surface area (TPSA) is 66.9 Å². The van der Waals surface area contributed by atoms with Crippen LogP contribution < -0.4 is 0 Å². The molecule has 4 heteroatoms. The SMILES string of the molecule is CC(=O)[C@H]1CC[C@H]2[C@@H]3CCC4=C(CO)C(=O)C5=C(O5)[C@]4(C)[C@H]3CC[C@@]12C. The molecule has 0 bridgehead atoms. The molecule has 0 aromatic carbocycles. The van der Waals surface area contributed by atoms with Crippen LogP contribution in [0.25, 0.3) is 0 Å². The van der Waals surface area contributed by atoms with Gasteiger partial charge in [0.2, 0.25) is 11.5 Å². The van der Waals surface area contributed by atoms with Crippen LogP contribution in [0.4, 0.5) is 0 Å². The van der Waals surface area contributed by atoms with E-state index in [0.717, 1.165) is 49.9 Å². The first-order valence-electron chi connectivity index (χ1n) is 10.1. The zero-order chi connectivity index (χ0) is 18.4. The van der Waals surface area contributed by atoms with Crippen molar-refractivity contribution in [1.29, 1.82) is 0 Å². The number of ether oxygens (including phenoxy) is 1. The number of rotatable bonds is 2. The van der Waals surface area contributed by atoms with Crippen LogP contribution in [0.3, 0.4) is 0 Å².